The number of rotatable bonds is 18. The Kier molecular flexibility index (Phi) is 13.6. The summed E-state index contributed by atoms with van der Waals surface area (Å²) in [5.41, 5.74) is 4.95. The zero-order chi connectivity index (χ0) is 40.1. The number of ether oxygens (including phenoxy) is 3. The smallest absolute Gasteiger partial charge is 0.237 e. The fourth-order valence-electron chi connectivity index (χ4n) is 8.24. The molecule has 1 heterocycles. The van der Waals surface area contributed by atoms with Gasteiger partial charge in [0.25, 0.3) is 0 Å². The van der Waals surface area contributed by atoms with Crippen molar-refractivity contribution in [2.75, 3.05) is 32.9 Å². The van der Waals surface area contributed by atoms with Crippen molar-refractivity contribution in [2.24, 2.45) is 0 Å². The average molecular weight is 774 g/mol. The van der Waals surface area contributed by atoms with Crippen molar-refractivity contribution < 1.29 is 19.0 Å². The molecule has 0 radical (unpaired) electrons. The Morgan fingerprint density at radius 2 is 1.02 bits per heavy atom. The number of carbonyl (C=O) groups is 1. The van der Waals surface area contributed by atoms with E-state index in [9.17, 15) is 4.79 Å². The number of benzene rings is 6. The van der Waals surface area contributed by atoms with Crippen LogP contribution >= 0.6 is 0 Å². The highest BCUT2D eigenvalue weighted by molar-refractivity contribution is 5.82. The second-order valence-corrected chi connectivity index (χ2v) is 15.3. The van der Waals surface area contributed by atoms with Crippen LogP contribution in [0, 0.1) is 0 Å². The maximum Gasteiger partial charge on any atom is 0.237 e. The minimum atomic E-state index is -0.846. The molecular weight excluding hydrogens is 719 g/mol. The molecule has 0 aromatic heterocycles. The molecule has 3 N–H and O–H groups in total. The molecule has 0 saturated carbocycles. The van der Waals surface area contributed by atoms with E-state index in [1.807, 2.05) is 50.2 Å². The molecule has 1 saturated heterocycles. The predicted octanol–water partition coefficient (Wildman–Crippen LogP) is 8.58. The maximum atomic E-state index is 14.7. The van der Waals surface area contributed by atoms with Gasteiger partial charge >= 0.3 is 0 Å². The molecule has 0 aliphatic carbocycles. The lowest BCUT2D eigenvalue weighted by atomic mass is 9.76. The maximum absolute atomic E-state index is 14.7. The van der Waals surface area contributed by atoms with E-state index < -0.39 is 22.9 Å². The van der Waals surface area contributed by atoms with E-state index in [4.69, 9.17) is 14.2 Å². The Balaban J connectivity index is 1.17. The summed E-state index contributed by atoms with van der Waals surface area (Å²) in [6.07, 6.45) is 1.11. The monoisotopic (exact) mass is 773 g/mol. The Morgan fingerprint density at radius 3 is 1.41 bits per heavy atom. The highest BCUT2D eigenvalue weighted by Crippen LogP contribution is 2.38. The van der Waals surface area contributed by atoms with Crippen molar-refractivity contribution in [1.29, 1.82) is 0 Å². The normalized spacial score (nSPS) is 16.0. The molecule has 7 nitrogen and oxygen atoms in total. The van der Waals surface area contributed by atoms with Gasteiger partial charge in [-0.3, -0.25) is 15.4 Å². The zero-order valence-electron chi connectivity index (χ0n) is 33.6. The molecule has 0 spiro atoms. The van der Waals surface area contributed by atoms with E-state index in [2.05, 4.69) is 162 Å². The molecule has 1 fully saturated rings. The summed E-state index contributed by atoms with van der Waals surface area (Å²) in [6.45, 7) is 6.16. The SMILES string of the molecule is CC1(C)OCCC(COCCC(NC(c2ccccc2)(c2ccccc2)c2ccccc2)C(=O)NCCNC(c2ccccc2)(c2ccccc2)c2ccccc2)O1. The van der Waals surface area contributed by atoms with Crippen LogP contribution in [0.15, 0.2) is 182 Å². The van der Waals surface area contributed by atoms with Crippen LogP contribution < -0.4 is 16.0 Å². The molecular formula is C51H55N3O4. The van der Waals surface area contributed by atoms with Crippen molar-refractivity contribution in [2.45, 2.75) is 55.7 Å². The first-order valence-electron chi connectivity index (χ1n) is 20.4. The molecule has 1 aliphatic rings. The van der Waals surface area contributed by atoms with E-state index in [-0.39, 0.29) is 12.0 Å². The second-order valence-electron chi connectivity index (χ2n) is 15.3. The fourth-order valence-corrected chi connectivity index (χ4v) is 8.24. The first-order valence-corrected chi connectivity index (χ1v) is 20.4. The van der Waals surface area contributed by atoms with Crippen molar-refractivity contribution >= 4 is 5.91 Å². The highest BCUT2D eigenvalue weighted by atomic mass is 16.7. The van der Waals surface area contributed by atoms with E-state index in [1.54, 1.807) is 0 Å². The second kappa shape index (κ2) is 19.4. The van der Waals surface area contributed by atoms with E-state index >= 15 is 0 Å². The van der Waals surface area contributed by atoms with Crippen LogP contribution in [0.5, 0.6) is 0 Å². The highest BCUT2D eigenvalue weighted by Gasteiger charge is 2.40. The number of hydrogen-bond donors (Lipinski definition) is 3. The average Bonchev–Trinajstić information content (AvgIpc) is 3.28. The van der Waals surface area contributed by atoms with Crippen LogP contribution in [0.1, 0.15) is 60.1 Å². The van der Waals surface area contributed by atoms with Gasteiger partial charge in [-0.15, -0.1) is 0 Å². The van der Waals surface area contributed by atoms with Gasteiger partial charge < -0.3 is 19.5 Å². The Labute approximate surface area is 343 Å². The minimum absolute atomic E-state index is 0.0776. The largest absolute Gasteiger partial charge is 0.379 e. The predicted molar refractivity (Wildman–Crippen MR) is 231 cm³/mol. The number of carbonyl (C=O) groups excluding carboxylic acids is 1. The lowest BCUT2D eigenvalue weighted by Gasteiger charge is -2.40. The first kappa shape index (κ1) is 40.8. The molecule has 1 amide bonds. The van der Waals surface area contributed by atoms with Crippen molar-refractivity contribution in [1.82, 2.24) is 16.0 Å². The molecule has 6 aromatic rings. The fraction of sp³-hybridized carbons (Fsp3) is 0.275. The summed E-state index contributed by atoms with van der Waals surface area (Å²) >= 11 is 0. The lowest BCUT2D eigenvalue weighted by molar-refractivity contribution is -0.280. The van der Waals surface area contributed by atoms with Crippen molar-refractivity contribution in [3.63, 3.8) is 0 Å². The number of amides is 1. The van der Waals surface area contributed by atoms with Gasteiger partial charge in [0.05, 0.1) is 36.4 Å². The van der Waals surface area contributed by atoms with Gasteiger partial charge in [-0.05, 0) is 60.1 Å². The third-order valence-electron chi connectivity index (χ3n) is 11.0. The van der Waals surface area contributed by atoms with Gasteiger partial charge in [-0.25, -0.2) is 0 Å². The lowest BCUT2D eigenvalue weighted by Crippen LogP contribution is -2.56. The van der Waals surface area contributed by atoms with Crippen LogP contribution in [-0.4, -0.2) is 56.8 Å². The first-order chi connectivity index (χ1) is 28.4. The van der Waals surface area contributed by atoms with Gasteiger partial charge in [0.15, 0.2) is 5.79 Å². The molecule has 7 heteroatoms. The molecule has 6 aromatic carbocycles. The van der Waals surface area contributed by atoms with E-state index in [0.29, 0.717) is 39.3 Å². The van der Waals surface area contributed by atoms with Crippen LogP contribution in [0.25, 0.3) is 0 Å². The number of hydrogen-bond acceptors (Lipinski definition) is 6. The van der Waals surface area contributed by atoms with Gasteiger partial charge in [0.2, 0.25) is 5.91 Å². The summed E-state index contributed by atoms with van der Waals surface area (Å²) < 4.78 is 18.2. The summed E-state index contributed by atoms with van der Waals surface area (Å²) in [4.78, 5) is 14.7. The van der Waals surface area contributed by atoms with Gasteiger partial charge in [-0.2, -0.15) is 0 Å². The molecule has 298 valence electrons. The van der Waals surface area contributed by atoms with Crippen LogP contribution in [0.4, 0.5) is 0 Å². The standard InChI is InChI=1S/C51H55N3O4/c1-49(2)57-38-33-46(58-49)39-56-37-34-47(54-51(43-27-15-6-16-28-43,44-29-17-7-18-30-44)45-31-19-8-20-32-45)48(55)52-35-36-53-50(40-21-9-3-10-22-40,41-23-11-4-12-24-41)42-25-13-5-14-26-42/h3-32,46-47,53-54H,33-39H2,1-2H3,(H,52,55). The van der Waals surface area contributed by atoms with E-state index in [0.717, 1.165) is 39.8 Å². The molecule has 2 unspecified atom stereocenters. The van der Waals surface area contributed by atoms with Crippen LogP contribution in [0.3, 0.4) is 0 Å². The van der Waals surface area contributed by atoms with Crippen LogP contribution in [0.2, 0.25) is 0 Å². The quantitative estimate of drug-likeness (QED) is 0.0600. The molecule has 7 rings (SSSR count). The van der Waals surface area contributed by atoms with Gasteiger partial charge in [-0.1, -0.05) is 182 Å². The Hall–Kier alpha value is -5.41. The summed E-state index contributed by atoms with van der Waals surface area (Å²) in [5, 5.41) is 11.2. The van der Waals surface area contributed by atoms with Gasteiger partial charge in [0, 0.05) is 19.7 Å². The summed E-state index contributed by atoms with van der Waals surface area (Å²) in [7, 11) is 0. The zero-order valence-corrected chi connectivity index (χ0v) is 33.6. The third kappa shape index (κ3) is 9.47. The minimum Gasteiger partial charge on any atom is -0.379 e. The van der Waals surface area contributed by atoms with Gasteiger partial charge in [0.1, 0.15) is 0 Å². The Bertz CT molecular complexity index is 1930. The van der Waals surface area contributed by atoms with Crippen molar-refractivity contribution in [3.8, 4) is 0 Å². The Morgan fingerprint density at radius 1 is 0.621 bits per heavy atom. The summed E-state index contributed by atoms with van der Waals surface area (Å²) in [5.74, 6) is -0.755. The topological polar surface area (TPSA) is 80.9 Å². The molecule has 1 aliphatic heterocycles. The number of nitrogens with one attached hydrogen (secondary N) is 3. The molecule has 2 atom stereocenters. The summed E-state index contributed by atoms with van der Waals surface area (Å²) in [6, 6.07) is 62.0. The van der Waals surface area contributed by atoms with Crippen LogP contribution in [-0.2, 0) is 30.1 Å². The van der Waals surface area contributed by atoms with E-state index in [1.165, 1.54) is 0 Å². The third-order valence-corrected chi connectivity index (χ3v) is 11.0. The molecule has 0 bridgehead atoms. The molecule has 58 heavy (non-hydrogen) atoms. The van der Waals surface area contributed by atoms with Crippen molar-refractivity contribution in [3.05, 3.63) is 215 Å².